The number of furan rings is 1. The lowest BCUT2D eigenvalue weighted by atomic mass is 9.91. The summed E-state index contributed by atoms with van der Waals surface area (Å²) in [7, 11) is 0. The topological polar surface area (TPSA) is 50.4 Å². The first-order valence-corrected chi connectivity index (χ1v) is 5.10. The average Bonchev–Trinajstić information content (AvgIpc) is 2.46. The maximum atomic E-state index is 10.9. The van der Waals surface area contributed by atoms with Crippen LogP contribution in [0.4, 0.5) is 0 Å². The molecule has 74 valence electrons. The van der Waals surface area contributed by atoms with E-state index in [-0.39, 0.29) is 0 Å². The molecule has 0 radical (unpaired) electrons. The molecule has 0 atom stereocenters. The number of aliphatic carboxylic acids is 1. The van der Waals surface area contributed by atoms with Crippen molar-refractivity contribution in [2.75, 3.05) is 0 Å². The van der Waals surface area contributed by atoms with Gasteiger partial charge in [-0.15, -0.1) is 0 Å². The van der Waals surface area contributed by atoms with Crippen molar-refractivity contribution in [3.63, 3.8) is 0 Å². The standard InChI is InChI=1S/C10H9BrO3/c1-5-6(10(12)13)2-3-8-7(5)4-9(11)14-8/h4H,2-3H2,1H3,(H,12,13). The fourth-order valence-electron chi connectivity index (χ4n) is 1.76. The Kier molecular flexibility index (Phi) is 2.23. The molecule has 0 unspecified atom stereocenters. The van der Waals surface area contributed by atoms with Gasteiger partial charge in [-0.25, -0.2) is 4.79 Å². The van der Waals surface area contributed by atoms with Crippen molar-refractivity contribution in [2.24, 2.45) is 0 Å². The SMILES string of the molecule is CC1=C(C(=O)O)CCc2oc(Br)cc21. The van der Waals surface area contributed by atoms with Gasteiger partial charge >= 0.3 is 5.97 Å². The maximum Gasteiger partial charge on any atom is 0.331 e. The molecule has 0 spiro atoms. The van der Waals surface area contributed by atoms with Crippen LogP contribution in [0.25, 0.3) is 5.57 Å². The molecule has 1 aliphatic rings. The van der Waals surface area contributed by atoms with E-state index >= 15 is 0 Å². The number of fused-ring (bicyclic) bond motifs is 1. The lowest BCUT2D eigenvalue weighted by Gasteiger charge is -2.13. The van der Waals surface area contributed by atoms with Crippen molar-refractivity contribution < 1.29 is 14.3 Å². The highest BCUT2D eigenvalue weighted by Crippen LogP contribution is 2.34. The van der Waals surface area contributed by atoms with Gasteiger partial charge in [-0.1, -0.05) is 0 Å². The zero-order valence-corrected chi connectivity index (χ0v) is 9.22. The van der Waals surface area contributed by atoms with Gasteiger partial charge in [0.25, 0.3) is 0 Å². The third-order valence-electron chi connectivity index (χ3n) is 2.50. The van der Waals surface area contributed by atoms with Crippen molar-refractivity contribution in [3.05, 3.63) is 27.6 Å². The van der Waals surface area contributed by atoms with E-state index in [9.17, 15) is 4.79 Å². The second-order valence-electron chi connectivity index (χ2n) is 3.30. The number of carboxylic acids is 1. The van der Waals surface area contributed by atoms with Crippen LogP contribution >= 0.6 is 15.9 Å². The molecule has 0 amide bonds. The van der Waals surface area contributed by atoms with Crippen LogP contribution in [0.5, 0.6) is 0 Å². The fraction of sp³-hybridized carbons (Fsp3) is 0.300. The third-order valence-corrected chi connectivity index (χ3v) is 2.89. The minimum Gasteiger partial charge on any atom is -0.478 e. The van der Waals surface area contributed by atoms with Crippen LogP contribution in [0, 0.1) is 0 Å². The van der Waals surface area contributed by atoms with Crippen LogP contribution in [-0.4, -0.2) is 11.1 Å². The summed E-state index contributed by atoms with van der Waals surface area (Å²) in [4.78, 5) is 10.9. The van der Waals surface area contributed by atoms with E-state index in [1.54, 1.807) is 0 Å². The van der Waals surface area contributed by atoms with Gasteiger partial charge in [-0.3, -0.25) is 0 Å². The lowest BCUT2D eigenvalue weighted by molar-refractivity contribution is -0.132. The molecule has 14 heavy (non-hydrogen) atoms. The molecule has 0 bridgehead atoms. The number of carboxylic acid groups (broad SMARTS) is 1. The van der Waals surface area contributed by atoms with E-state index in [1.165, 1.54) is 0 Å². The summed E-state index contributed by atoms with van der Waals surface area (Å²) in [5.41, 5.74) is 2.22. The molecule has 1 aromatic heterocycles. The maximum absolute atomic E-state index is 10.9. The highest BCUT2D eigenvalue weighted by molar-refractivity contribution is 9.10. The number of carbonyl (C=O) groups is 1. The second kappa shape index (κ2) is 3.28. The van der Waals surface area contributed by atoms with Crippen LogP contribution in [-0.2, 0) is 11.2 Å². The Labute approximate surface area is 89.5 Å². The summed E-state index contributed by atoms with van der Waals surface area (Å²) < 4.78 is 6.05. The van der Waals surface area contributed by atoms with Crippen LogP contribution < -0.4 is 0 Å². The summed E-state index contributed by atoms with van der Waals surface area (Å²) in [5.74, 6) is 0.0462. The van der Waals surface area contributed by atoms with E-state index in [0.717, 1.165) is 16.9 Å². The average molecular weight is 257 g/mol. The molecule has 0 aromatic carbocycles. The first kappa shape index (κ1) is 9.52. The Hall–Kier alpha value is -1.03. The van der Waals surface area contributed by atoms with E-state index in [0.29, 0.717) is 23.1 Å². The predicted octanol–water partition coefficient (Wildman–Crippen LogP) is 2.85. The second-order valence-corrected chi connectivity index (χ2v) is 4.08. The molecular weight excluding hydrogens is 248 g/mol. The zero-order valence-electron chi connectivity index (χ0n) is 7.63. The van der Waals surface area contributed by atoms with Crippen molar-refractivity contribution in [1.82, 2.24) is 0 Å². The van der Waals surface area contributed by atoms with Gasteiger partial charge in [-0.2, -0.15) is 0 Å². The largest absolute Gasteiger partial charge is 0.478 e. The van der Waals surface area contributed by atoms with E-state index in [2.05, 4.69) is 15.9 Å². The number of allylic oxidation sites excluding steroid dienone is 1. The third kappa shape index (κ3) is 1.39. The zero-order chi connectivity index (χ0) is 10.3. The van der Waals surface area contributed by atoms with Crippen molar-refractivity contribution in [2.45, 2.75) is 19.8 Å². The van der Waals surface area contributed by atoms with Crippen LogP contribution in [0.3, 0.4) is 0 Å². The minimum atomic E-state index is -0.828. The summed E-state index contributed by atoms with van der Waals surface area (Å²) >= 11 is 3.24. The Bertz CT molecular complexity index is 429. The Morgan fingerprint density at radius 1 is 1.57 bits per heavy atom. The summed E-state index contributed by atoms with van der Waals surface area (Å²) in [6, 6.07) is 1.83. The predicted molar refractivity (Wildman–Crippen MR) is 55.0 cm³/mol. The van der Waals surface area contributed by atoms with Crippen LogP contribution in [0.2, 0.25) is 0 Å². The molecule has 1 aromatic rings. The first-order valence-electron chi connectivity index (χ1n) is 4.31. The summed E-state index contributed by atoms with van der Waals surface area (Å²) in [6.45, 7) is 1.82. The number of aryl methyl sites for hydroxylation is 1. The molecular formula is C10H9BrO3. The smallest absolute Gasteiger partial charge is 0.331 e. The lowest BCUT2D eigenvalue weighted by Crippen LogP contribution is -2.09. The highest BCUT2D eigenvalue weighted by Gasteiger charge is 2.23. The molecule has 0 aliphatic heterocycles. The quantitative estimate of drug-likeness (QED) is 0.841. The van der Waals surface area contributed by atoms with Gasteiger partial charge in [0.2, 0.25) is 0 Å². The van der Waals surface area contributed by atoms with Gasteiger partial charge in [0.05, 0.1) is 0 Å². The molecule has 1 N–H and O–H groups in total. The molecule has 1 heterocycles. The van der Waals surface area contributed by atoms with Gasteiger partial charge in [0.1, 0.15) is 5.76 Å². The van der Waals surface area contributed by atoms with Gasteiger partial charge in [-0.05, 0) is 40.9 Å². The van der Waals surface area contributed by atoms with Gasteiger partial charge < -0.3 is 9.52 Å². The fourth-order valence-corrected chi connectivity index (χ4v) is 2.18. The van der Waals surface area contributed by atoms with Crippen LogP contribution in [0.1, 0.15) is 24.7 Å². The van der Waals surface area contributed by atoms with E-state index < -0.39 is 5.97 Å². The Balaban J connectivity index is 2.55. The normalized spacial score (nSPS) is 15.6. The molecule has 2 rings (SSSR count). The number of halogens is 1. The number of hydrogen-bond donors (Lipinski definition) is 1. The van der Waals surface area contributed by atoms with E-state index in [1.807, 2.05) is 13.0 Å². The molecule has 3 nitrogen and oxygen atoms in total. The molecule has 1 aliphatic carbocycles. The van der Waals surface area contributed by atoms with Crippen molar-refractivity contribution in [1.29, 1.82) is 0 Å². The highest BCUT2D eigenvalue weighted by atomic mass is 79.9. The molecule has 0 saturated heterocycles. The number of rotatable bonds is 1. The first-order chi connectivity index (χ1) is 6.59. The van der Waals surface area contributed by atoms with Gasteiger partial charge in [0.15, 0.2) is 4.67 Å². The summed E-state index contributed by atoms with van der Waals surface area (Å²) in [6.07, 6.45) is 1.22. The van der Waals surface area contributed by atoms with E-state index in [4.69, 9.17) is 9.52 Å². The van der Waals surface area contributed by atoms with Crippen molar-refractivity contribution in [3.8, 4) is 0 Å². The molecule has 4 heteroatoms. The Morgan fingerprint density at radius 2 is 2.29 bits per heavy atom. The summed E-state index contributed by atoms with van der Waals surface area (Å²) in [5, 5.41) is 8.94. The molecule has 0 fully saturated rings. The Morgan fingerprint density at radius 3 is 2.93 bits per heavy atom. The van der Waals surface area contributed by atoms with Crippen molar-refractivity contribution >= 4 is 27.5 Å². The van der Waals surface area contributed by atoms with Crippen LogP contribution in [0.15, 0.2) is 20.7 Å². The van der Waals surface area contributed by atoms with Gasteiger partial charge in [0, 0.05) is 17.6 Å². The minimum absolute atomic E-state index is 0.491. The molecule has 0 saturated carbocycles. The monoisotopic (exact) mass is 256 g/mol. The number of hydrogen-bond acceptors (Lipinski definition) is 2.